The van der Waals surface area contributed by atoms with Gasteiger partial charge in [-0.3, -0.25) is 4.79 Å². The topological polar surface area (TPSA) is 84.2 Å². The maximum absolute atomic E-state index is 12.6. The lowest BCUT2D eigenvalue weighted by Gasteiger charge is -2.16. The number of hydrogen-bond acceptors (Lipinski definition) is 3. The van der Waals surface area contributed by atoms with Gasteiger partial charge in [0, 0.05) is 23.7 Å². The molecule has 1 saturated carbocycles. The maximum Gasteiger partial charge on any atom is 0.335 e. The average molecular weight is 440 g/mol. The second kappa shape index (κ2) is 8.90. The third-order valence-electron chi connectivity index (χ3n) is 6.33. The number of carboxylic acid groups (broad SMARTS) is 1. The first-order valence-electron chi connectivity index (χ1n) is 11.3. The predicted molar refractivity (Wildman–Crippen MR) is 127 cm³/mol. The molecule has 0 radical (unpaired) electrons. The summed E-state index contributed by atoms with van der Waals surface area (Å²) in [5.41, 5.74) is 4.41. The van der Waals surface area contributed by atoms with E-state index in [0.717, 1.165) is 35.3 Å². The van der Waals surface area contributed by atoms with Gasteiger partial charge >= 0.3 is 5.97 Å². The van der Waals surface area contributed by atoms with E-state index < -0.39 is 5.97 Å². The molecule has 2 N–H and O–H groups in total. The number of carbonyl (C=O) groups excluding carboxylic acids is 1. The molecule has 33 heavy (non-hydrogen) atoms. The summed E-state index contributed by atoms with van der Waals surface area (Å²) in [5, 5.41) is 12.3. The quantitative estimate of drug-likeness (QED) is 0.419. The van der Waals surface area contributed by atoms with Gasteiger partial charge in [0.2, 0.25) is 0 Å². The number of imidazole rings is 1. The molecule has 1 aromatic heterocycles. The molecule has 1 aliphatic carbocycles. The molecule has 166 valence electrons. The lowest BCUT2D eigenvalue weighted by atomic mass is 10.1. The molecule has 4 aromatic rings. The highest BCUT2D eigenvalue weighted by atomic mass is 16.4. The van der Waals surface area contributed by atoms with E-state index in [1.807, 2.05) is 60.7 Å². The molecule has 6 nitrogen and oxygen atoms in total. The Labute approximate surface area is 191 Å². The fraction of sp³-hybridized carbons (Fsp3) is 0.222. The van der Waals surface area contributed by atoms with Crippen molar-refractivity contribution in [2.75, 3.05) is 0 Å². The van der Waals surface area contributed by atoms with Crippen molar-refractivity contribution < 1.29 is 14.7 Å². The van der Waals surface area contributed by atoms with Crippen LogP contribution in [0.3, 0.4) is 0 Å². The minimum atomic E-state index is -0.959. The van der Waals surface area contributed by atoms with E-state index in [9.17, 15) is 14.7 Å². The minimum Gasteiger partial charge on any atom is -0.478 e. The summed E-state index contributed by atoms with van der Waals surface area (Å²) in [5.74, 6) is -0.267. The molecule has 1 amide bonds. The zero-order valence-electron chi connectivity index (χ0n) is 18.2. The van der Waals surface area contributed by atoms with Gasteiger partial charge in [-0.2, -0.15) is 0 Å². The number of nitrogens with one attached hydrogen (secondary N) is 1. The number of nitrogens with zero attached hydrogens (tertiary/aromatic N) is 2. The number of aromatic carboxylic acids is 1. The summed E-state index contributed by atoms with van der Waals surface area (Å²) < 4.78 is 2.25. The molecule has 0 bridgehead atoms. The Morgan fingerprint density at radius 2 is 1.64 bits per heavy atom. The summed E-state index contributed by atoms with van der Waals surface area (Å²) >= 11 is 0. The third-order valence-corrected chi connectivity index (χ3v) is 6.33. The Morgan fingerprint density at radius 1 is 0.939 bits per heavy atom. The molecule has 0 unspecified atom stereocenters. The van der Waals surface area contributed by atoms with Crippen LogP contribution in [0.15, 0.2) is 72.8 Å². The van der Waals surface area contributed by atoms with Crippen molar-refractivity contribution >= 4 is 22.9 Å². The highest BCUT2D eigenvalue weighted by Crippen LogP contribution is 2.37. The van der Waals surface area contributed by atoms with Crippen LogP contribution in [-0.2, 0) is 6.54 Å². The summed E-state index contributed by atoms with van der Waals surface area (Å²) in [7, 11) is 0. The van der Waals surface area contributed by atoms with Crippen LogP contribution in [0.2, 0.25) is 0 Å². The fourth-order valence-corrected chi connectivity index (χ4v) is 4.62. The summed E-state index contributed by atoms with van der Waals surface area (Å²) in [6.45, 7) is 0.477. The van der Waals surface area contributed by atoms with Crippen LogP contribution in [0, 0.1) is 0 Å². The van der Waals surface area contributed by atoms with E-state index in [-0.39, 0.29) is 11.5 Å². The standard InChI is InChI=1S/C27H25N3O3/c31-26(28-17-18-6-2-1-3-7-18)20-12-10-19(11-13-20)25-29-23-16-21(27(32)33)14-15-24(23)30(25)22-8-4-5-9-22/h1-3,6-7,10-16,22H,4-5,8-9,17H2,(H,28,31)(H,32,33). The van der Waals surface area contributed by atoms with Gasteiger partial charge in [0.25, 0.3) is 5.91 Å². The van der Waals surface area contributed by atoms with Gasteiger partial charge in [0.15, 0.2) is 0 Å². The summed E-state index contributed by atoms with van der Waals surface area (Å²) in [6.07, 6.45) is 4.52. The van der Waals surface area contributed by atoms with Crippen LogP contribution in [0.1, 0.15) is 58.0 Å². The van der Waals surface area contributed by atoms with E-state index in [1.165, 1.54) is 12.8 Å². The first kappa shape index (κ1) is 20.9. The molecule has 0 aliphatic heterocycles. The number of rotatable bonds is 6. The van der Waals surface area contributed by atoms with Gasteiger partial charge in [-0.1, -0.05) is 55.3 Å². The normalized spacial score (nSPS) is 13.9. The van der Waals surface area contributed by atoms with Crippen LogP contribution in [0.25, 0.3) is 22.4 Å². The van der Waals surface area contributed by atoms with E-state index in [0.29, 0.717) is 23.7 Å². The van der Waals surface area contributed by atoms with E-state index in [2.05, 4.69) is 9.88 Å². The van der Waals surface area contributed by atoms with E-state index >= 15 is 0 Å². The van der Waals surface area contributed by atoms with E-state index in [4.69, 9.17) is 4.98 Å². The van der Waals surface area contributed by atoms with Gasteiger partial charge < -0.3 is 15.0 Å². The number of fused-ring (bicyclic) bond motifs is 1. The van der Waals surface area contributed by atoms with Crippen LogP contribution < -0.4 is 5.32 Å². The number of aromatic nitrogens is 2. The van der Waals surface area contributed by atoms with Gasteiger partial charge in [0.1, 0.15) is 5.82 Å². The molecular formula is C27H25N3O3. The average Bonchev–Trinajstić information content (AvgIpc) is 3.50. The van der Waals surface area contributed by atoms with Crippen molar-refractivity contribution in [3.8, 4) is 11.4 Å². The molecule has 1 aliphatic rings. The Hall–Kier alpha value is -3.93. The van der Waals surface area contributed by atoms with Crippen LogP contribution in [0.4, 0.5) is 0 Å². The van der Waals surface area contributed by atoms with Crippen LogP contribution >= 0.6 is 0 Å². The van der Waals surface area contributed by atoms with Crippen molar-refractivity contribution in [2.45, 2.75) is 38.3 Å². The molecule has 1 heterocycles. The zero-order valence-corrected chi connectivity index (χ0v) is 18.2. The summed E-state index contributed by atoms with van der Waals surface area (Å²) in [6, 6.07) is 22.8. The van der Waals surface area contributed by atoms with Crippen molar-refractivity contribution in [1.82, 2.24) is 14.9 Å². The Morgan fingerprint density at radius 3 is 2.33 bits per heavy atom. The highest BCUT2D eigenvalue weighted by molar-refractivity contribution is 5.95. The van der Waals surface area contributed by atoms with Gasteiger partial charge in [-0.25, -0.2) is 9.78 Å². The molecule has 0 spiro atoms. The van der Waals surface area contributed by atoms with E-state index in [1.54, 1.807) is 12.1 Å². The van der Waals surface area contributed by atoms with Gasteiger partial charge in [-0.05, 0) is 48.7 Å². The number of benzene rings is 3. The maximum atomic E-state index is 12.6. The summed E-state index contributed by atoms with van der Waals surface area (Å²) in [4.78, 5) is 28.9. The number of carbonyl (C=O) groups is 2. The molecular weight excluding hydrogens is 414 g/mol. The molecule has 1 fully saturated rings. The molecule has 0 atom stereocenters. The zero-order chi connectivity index (χ0) is 22.8. The second-order valence-corrected chi connectivity index (χ2v) is 8.50. The third kappa shape index (κ3) is 4.24. The Bertz CT molecular complexity index is 1300. The SMILES string of the molecule is O=C(O)c1ccc2c(c1)nc(-c1ccc(C(=O)NCc3ccccc3)cc1)n2C1CCCC1. The van der Waals surface area contributed by atoms with Gasteiger partial charge in [0.05, 0.1) is 16.6 Å². The lowest BCUT2D eigenvalue weighted by Crippen LogP contribution is -2.22. The van der Waals surface area contributed by atoms with Crippen LogP contribution in [0.5, 0.6) is 0 Å². The fourth-order valence-electron chi connectivity index (χ4n) is 4.62. The largest absolute Gasteiger partial charge is 0.478 e. The number of hydrogen-bond donors (Lipinski definition) is 2. The smallest absolute Gasteiger partial charge is 0.335 e. The second-order valence-electron chi connectivity index (χ2n) is 8.50. The molecule has 5 rings (SSSR count). The van der Waals surface area contributed by atoms with Crippen molar-refractivity contribution in [3.05, 3.63) is 89.5 Å². The molecule has 3 aromatic carbocycles. The Balaban J connectivity index is 1.45. The number of carboxylic acids is 1. The minimum absolute atomic E-state index is 0.124. The number of amides is 1. The Kier molecular flexibility index (Phi) is 5.65. The molecule has 6 heteroatoms. The van der Waals surface area contributed by atoms with Crippen LogP contribution in [-0.4, -0.2) is 26.5 Å². The first-order valence-corrected chi connectivity index (χ1v) is 11.3. The highest BCUT2D eigenvalue weighted by Gasteiger charge is 2.24. The van der Waals surface area contributed by atoms with Crippen molar-refractivity contribution in [1.29, 1.82) is 0 Å². The van der Waals surface area contributed by atoms with Crippen molar-refractivity contribution in [2.24, 2.45) is 0 Å². The van der Waals surface area contributed by atoms with Crippen molar-refractivity contribution in [3.63, 3.8) is 0 Å². The lowest BCUT2D eigenvalue weighted by molar-refractivity contribution is 0.0696. The monoisotopic (exact) mass is 439 g/mol. The predicted octanol–water partition coefficient (Wildman–Crippen LogP) is 5.45. The first-order chi connectivity index (χ1) is 16.1. The molecule has 0 saturated heterocycles. The van der Waals surface area contributed by atoms with Gasteiger partial charge in [-0.15, -0.1) is 0 Å².